The van der Waals surface area contributed by atoms with E-state index in [1.54, 1.807) is 42.3 Å². The molecule has 10 heteroatoms. The third-order valence-electron chi connectivity index (χ3n) is 13.6. The topological polar surface area (TPSA) is 115 Å². The maximum atomic E-state index is 14.3. The Kier molecular flexibility index (Phi) is 6.04. The second-order valence-corrected chi connectivity index (χ2v) is 16.4. The average Bonchev–Trinajstić information content (AvgIpc) is 3.65. The van der Waals surface area contributed by atoms with Crippen LogP contribution in [0.25, 0.3) is 53.9 Å². The molecule has 1 atom stereocenters. The lowest BCUT2D eigenvalue weighted by Crippen LogP contribution is -2.44. The van der Waals surface area contributed by atoms with E-state index in [-0.39, 0.29) is 37.4 Å². The summed E-state index contributed by atoms with van der Waals surface area (Å²) in [4.78, 5) is 89.4. The van der Waals surface area contributed by atoms with Crippen molar-refractivity contribution >= 4 is 95.0 Å². The van der Waals surface area contributed by atoms with E-state index in [1.165, 1.54) is 9.80 Å². The lowest BCUT2D eigenvalue weighted by Gasteiger charge is -2.33. The lowest BCUT2D eigenvalue weighted by molar-refractivity contribution is 0.0579. The number of para-hydroxylation sites is 1. The molecule has 0 saturated carbocycles. The van der Waals surface area contributed by atoms with Crippen LogP contribution in [0.3, 0.4) is 0 Å². The first-order valence-corrected chi connectivity index (χ1v) is 19.9. The highest BCUT2D eigenvalue weighted by Crippen LogP contribution is 2.51. The van der Waals surface area contributed by atoms with Crippen molar-refractivity contribution in [1.29, 1.82) is 0 Å². The lowest BCUT2D eigenvalue weighted by atomic mass is 9.81. The van der Waals surface area contributed by atoms with Crippen molar-refractivity contribution in [2.75, 3.05) is 25.0 Å². The molecular weight excluding hydrogens is 741 g/mol. The number of fused-ring (bicyclic) bond motifs is 6. The predicted octanol–water partition coefficient (Wildman–Crippen LogP) is 8.02. The fourth-order valence-corrected chi connectivity index (χ4v) is 11.1. The number of nitrogens with zero attached hydrogens (tertiary/aromatic N) is 4. The highest BCUT2D eigenvalue weighted by molar-refractivity contribution is 6.40. The van der Waals surface area contributed by atoms with Crippen LogP contribution in [0, 0.1) is 0 Å². The standard InChI is InChI=1S/C49H30N4O6/c1-50-22-24-7-8-31-42-32(18-17-30(38(24)42)44(50)54)46(56)51(45(31)55)19-4-20-52-47(57)33-14-10-27-25-9-13-29-37-21-23-5-2-3-6-36(23)53(37)49(59)35-16-12-26(39(25)41(29)35)28-11-15-34(48(52)58)43(33)40(27)28/h2-3,5-18,37H,4,19-22H2,1H3. The summed E-state index contributed by atoms with van der Waals surface area (Å²) in [5.41, 5.74) is 6.81. The number of benzene rings is 8. The molecule has 0 aromatic heterocycles. The first-order valence-electron chi connectivity index (χ1n) is 19.9. The molecule has 8 aromatic carbocycles. The predicted molar refractivity (Wildman–Crippen MR) is 222 cm³/mol. The van der Waals surface area contributed by atoms with Gasteiger partial charge in [0.15, 0.2) is 0 Å². The number of hydrogen-bond donors (Lipinski definition) is 0. The van der Waals surface area contributed by atoms with Gasteiger partial charge in [0.2, 0.25) is 0 Å². The Morgan fingerprint density at radius 2 is 0.932 bits per heavy atom. The number of carbonyl (C=O) groups excluding carboxylic acids is 6. The van der Waals surface area contributed by atoms with Crippen molar-refractivity contribution < 1.29 is 28.8 Å². The second kappa shape index (κ2) is 10.9. The molecule has 0 bridgehead atoms. The molecule has 10 nitrogen and oxygen atoms in total. The summed E-state index contributed by atoms with van der Waals surface area (Å²) in [5.74, 6) is -1.94. The van der Waals surface area contributed by atoms with Gasteiger partial charge >= 0.3 is 0 Å². The van der Waals surface area contributed by atoms with E-state index >= 15 is 0 Å². The highest BCUT2D eigenvalue weighted by atomic mass is 16.2. The van der Waals surface area contributed by atoms with Crippen LogP contribution < -0.4 is 4.90 Å². The average molecular weight is 771 g/mol. The van der Waals surface area contributed by atoms with Crippen molar-refractivity contribution in [3.63, 3.8) is 0 Å². The minimum Gasteiger partial charge on any atom is -0.337 e. The van der Waals surface area contributed by atoms with E-state index in [0.717, 1.165) is 66.5 Å². The fourth-order valence-electron chi connectivity index (χ4n) is 11.1. The molecule has 8 aromatic rings. The van der Waals surface area contributed by atoms with E-state index in [1.807, 2.05) is 53.4 Å². The summed E-state index contributed by atoms with van der Waals surface area (Å²) in [5, 5.41) is 8.34. The van der Waals surface area contributed by atoms with Crippen LogP contribution in [-0.4, -0.2) is 70.3 Å². The molecule has 0 spiro atoms. The molecule has 0 aliphatic carbocycles. The molecule has 0 N–H and O–H groups in total. The Morgan fingerprint density at radius 1 is 0.458 bits per heavy atom. The van der Waals surface area contributed by atoms with Gasteiger partial charge in [-0.25, -0.2) is 0 Å². The van der Waals surface area contributed by atoms with E-state index in [0.29, 0.717) is 56.1 Å². The summed E-state index contributed by atoms with van der Waals surface area (Å²) >= 11 is 0. The Bertz CT molecular complexity index is 3350. The minimum atomic E-state index is -0.464. The summed E-state index contributed by atoms with van der Waals surface area (Å²) < 4.78 is 0. The third kappa shape index (κ3) is 3.86. The van der Waals surface area contributed by atoms with E-state index in [9.17, 15) is 28.8 Å². The summed E-state index contributed by atoms with van der Waals surface area (Å²) in [6.07, 6.45) is 0.932. The van der Waals surface area contributed by atoms with Crippen molar-refractivity contribution in [3.8, 4) is 0 Å². The molecule has 59 heavy (non-hydrogen) atoms. The van der Waals surface area contributed by atoms with Gasteiger partial charge in [0, 0.05) is 87.3 Å². The maximum Gasteiger partial charge on any atom is 0.261 e. The Morgan fingerprint density at radius 3 is 1.54 bits per heavy atom. The van der Waals surface area contributed by atoms with Crippen LogP contribution >= 0.6 is 0 Å². The van der Waals surface area contributed by atoms with Crippen molar-refractivity contribution in [1.82, 2.24) is 14.7 Å². The number of amides is 6. The molecule has 0 fully saturated rings. The minimum absolute atomic E-state index is 0.00104. The molecule has 1 unspecified atom stereocenters. The molecule has 282 valence electrons. The SMILES string of the molecule is CN1Cc2ccc3c4c(ccc(c24)C1=O)C(=O)N(CCCN1C(=O)c2ccc4c5ccc6c7c(ccc(c8ccc(c2c48)C1=O)c75)C1Cc2ccccc2N1C6=O)C3=O. The van der Waals surface area contributed by atoms with Gasteiger partial charge in [0.25, 0.3) is 35.4 Å². The van der Waals surface area contributed by atoms with Crippen LogP contribution in [0.4, 0.5) is 5.69 Å². The quantitative estimate of drug-likeness (QED) is 0.102. The van der Waals surface area contributed by atoms with Gasteiger partial charge in [-0.3, -0.25) is 38.6 Å². The van der Waals surface area contributed by atoms with Crippen molar-refractivity contribution in [2.45, 2.75) is 25.4 Å². The summed E-state index contributed by atoms with van der Waals surface area (Å²) in [7, 11) is 1.72. The number of carbonyl (C=O) groups is 6. The molecule has 5 aliphatic rings. The second-order valence-electron chi connectivity index (χ2n) is 16.4. The van der Waals surface area contributed by atoms with Crippen LogP contribution in [0.15, 0.2) is 97.1 Å². The Hall–Kier alpha value is -7.46. The van der Waals surface area contributed by atoms with Gasteiger partial charge in [-0.2, -0.15) is 0 Å². The van der Waals surface area contributed by atoms with Gasteiger partial charge in [-0.1, -0.05) is 54.6 Å². The monoisotopic (exact) mass is 770 g/mol. The van der Waals surface area contributed by atoms with Gasteiger partial charge in [-0.15, -0.1) is 0 Å². The first kappa shape index (κ1) is 32.6. The molecular formula is C49H30N4O6. The molecule has 5 heterocycles. The normalized spacial score (nSPS) is 17.9. The first-order chi connectivity index (χ1) is 28.7. The molecule has 0 radical (unpaired) electrons. The number of hydrogen-bond acceptors (Lipinski definition) is 6. The highest BCUT2D eigenvalue weighted by Gasteiger charge is 2.42. The smallest absolute Gasteiger partial charge is 0.261 e. The van der Waals surface area contributed by atoms with Crippen LogP contribution in [0.2, 0.25) is 0 Å². The zero-order valence-corrected chi connectivity index (χ0v) is 31.6. The van der Waals surface area contributed by atoms with E-state index in [4.69, 9.17) is 0 Å². The maximum absolute atomic E-state index is 14.3. The Labute approximate surface area is 335 Å². The fraction of sp³-hybridized carbons (Fsp3) is 0.143. The zero-order valence-electron chi connectivity index (χ0n) is 31.6. The van der Waals surface area contributed by atoms with Crippen LogP contribution in [0.5, 0.6) is 0 Å². The number of anilines is 1. The van der Waals surface area contributed by atoms with Gasteiger partial charge in [-0.05, 0) is 104 Å². The van der Waals surface area contributed by atoms with Crippen LogP contribution in [-0.2, 0) is 13.0 Å². The molecule has 5 aliphatic heterocycles. The van der Waals surface area contributed by atoms with Gasteiger partial charge < -0.3 is 9.80 Å². The van der Waals surface area contributed by atoms with Crippen molar-refractivity contribution in [2.24, 2.45) is 0 Å². The van der Waals surface area contributed by atoms with Crippen LogP contribution in [0.1, 0.15) is 91.3 Å². The molecule has 0 saturated heterocycles. The summed E-state index contributed by atoms with van der Waals surface area (Å²) in [6, 6.07) is 30.5. The number of rotatable bonds is 4. The van der Waals surface area contributed by atoms with Gasteiger partial charge in [0.05, 0.1) is 6.04 Å². The zero-order chi connectivity index (χ0) is 39.7. The van der Waals surface area contributed by atoms with Gasteiger partial charge in [0.1, 0.15) is 0 Å². The van der Waals surface area contributed by atoms with Crippen molar-refractivity contribution in [3.05, 3.63) is 147 Å². The van der Waals surface area contributed by atoms with E-state index < -0.39 is 23.6 Å². The number of imide groups is 2. The van der Waals surface area contributed by atoms with E-state index in [2.05, 4.69) is 18.2 Å². The Balaban J connectivity index is 0.845. The third-order valence-corrected chi connectivity index (χ3v) is 13.6. The molecule has 13 rings (SSSR count). The largest absolute Gasteiger partial charge is 0.337 e. The molecule has 6 amide bonds. The summed E-state index contributed by atoms with van der Waals surface area (Å²) in [6.45, 7) is 0.390.